The third-order valence-corrected chi connectivity index (χ3v) is 4.67. The van der Waals surface area contributed by atoms with Crippen molar-refractivity contribution in [2.24, 2.45) is 0 Å². The van der Waals surface area contributed by atoms with Crippen LogP contribution in [-0.2, 0) is 28.8 Å². The molecule has 1 aromatic carbocycles. The fourth-order valence-electron chi connectivity index (χ4n) is 3.23. The first-order valence-corrected chi connectivity index (χ1v) is 9.69. The number of fused-ring (bicyclic) bond motifs is 1. The summed E-state index contributed by atoms with van der Waals surface area (Å²) >= 11 is 0. The summed E-state index contributed by atoms with van der Waals surface area (Å²) in [7, 11) is 0. The average molecular weight is 433 g/mol. The molecule has 0 bridgehead atoms. The number of hydrogen-bond acceptors (Lipinski definition) is 5. The summed E-state index contributed by atoms with van der Waals surface area (Å²) in [6.07, 6.45) is -2.79. The quantitative estimate of drug-likeness (QED) is 0.533. The Bertz CT molecular complexity index is 1120. The Morgan fingerprint density at radius 2 is 1.87 bits per heavy atom. The van der Waals surface area contributed by atoms with Gasteiger partial charge in [0.25, 0.3) is 5.56 Å². The highest BCUT2D eigenvalue weighted by molar-refractivity contribution is 5.71. The van der Waals surface area contributed by atoms with Crippen molar-refractivity contribution >= 4 is 11.6 Å². The lowest BCUT2D eigenvalue weighted by molar-refractivity contribution is -0.144. The molecule has 0 fully saturated rings. The zero-order valence-corrected chi connectivity index (χ0v) is 17.1. The molecule has 2 aromatic heterocycles. The number of alkyl halides is 3. The summed E-state index contributed by atoms with van der Waals surface area (Å²) in [5, 5.41) is 0. The van der Waals surface area contributed by atoms with Crippen LogP contribution in [0.5, 0.6) is 0 Å². The number of rotatable bonds is 7. The van der Waals surface area contributed by atoms with Crippen molar-refractivity contribution in [2.75, 3.05) is 13.2 Å². The molecule has 0 saturated carbocycles. The molecule has 0 radical (unpaired) electrons. The number of benzene rings is 1. The average Bonchev–Trinajstić information content (AvgIpc) is 2.69. The van der Waals surface area contributed by atoms with Crippen LogP contribution in [0.1, 0.15) is 29.3 Å². The van der Waals surface area contributed by atoms with Crippen LogP contribution in [0.25, 0.3) is 5.65 Å². The van der Waals surface area contributed by atoms with Crippen molar-refractivity contribution in [3.63, 3.8) is 0 Å². The number of ether oxygens (including phenoxy) is 1. The summed E-state index contributed by atoms with van der Waals surface area (Å²) in [5.41, 5.74) is 1.38. The second kappa shape index (κ2) is 9.30. The summed E-state index contributed by atoms with van der Waals surface area (Å²) in [5.74, 6) is -0.469. The van der Waals surface area contributed by atoms with Crippen molar-refractivity contribution in [3.8, 4) is 0 Å². The van der Waals surface area contributed by atoms with Gasteiger partial charge in [-0.3, -0.25) is 18.9 Å². The van der Waals surface area contributed by atoms with Gasteiger partial charge in [-0.2, -0.15) is 13.2 Å². The van der Waals surface area contributed by atoms with E-state index in [2.05, 4.69) is 4.98 Å². The summed E-state index contributed by atoms with van der Waals surface area (Å²) in [6, 6.07) is 9.72. The molecule has 2 heterocycles. The molecule has 0 aliphatic carbocycles. The van der Waals surface area contributed by atoms with Crippen molar-refractivity contribution in [1.82, 2.24) is 14.3 Å². The van der Waals surface area contributed by atoms with Crippen LogP contribution in [-0.4, -0.2) is 33.4 Å². The van der Waals surface area contributed by atoms with E-state index < -0.39 is 17.7 Å². The molecule has 0 saturated heterocycles. The Hall–Kier alpha value is -3.20. The second-order valence-corrected chi connectivity index (χ2v) is 7.12. The number of aryl methyl sites for hydroxylation is 1. The molecule has 0 N–H and O–H groups in total. The maximum Gasteiger partial charge on any atom is 0.416 e. The van der Waals surface area contributed by atoms with Gasteiger partial charge >= 0.3 is 12.1 Å². The number of carbonyl (C=O) groups is 1. The monoisotopic (exact) mass is 433 g/mol. The molecule has 0 aliphatic rings. The number of hydrogen-bond donors (Lipinski definition) is 0. The number of aromatic nitrogens is 2. The smallest absolute Gasteiger partial charge is 0.416 e. The molecule has 0 spiro atoms. The normalized spacial score (nSPS) is 11.8. The van der Waals surface area contributed by atoms with E-state index in [9.17, 15) is 22.8 Å². The predicted molar refractivity (Wildman–Crippen MR) is 108 cm³/mol. The van der Waals surface area contributed by atoms with E-state index in [0.717, 1.165) is 17.7 Å². The number of carbonyl (C=O) groups excluding carboxylic acids is 1. The van der Waals surface area contributed by atoms with Gasteiger partial charge in [0, 0.05) is 25.4 Å². The summed E-state index contributed by atoms with van der Waals surface area (Å²) < 4.78 is 44.9. The van der Waals surface area contributed by atoms with Gasteiger partial charge in [-0.1, -0.05) is 18.2 Å². The first kappa shape index (κ1) is 22.5. The van der Waals surface area contributed by atoms with Gasteiger partial charge in [-0.15, -0.1) is 0 Å². The van der Waals surface area contributed by atoms with Crippen LogP contribution in [0.4, 0.5) is 13.2 Å². The van der Waals surface area contributed by atoms with Gasteiger partial charge in [0.15, 0.2) is 0 Å². The number of esters is 1. The van der Waals surface area contributed by atoms with Crippen LogP contribution in [0.15, 0.2) is 53.5 Å². The lowest BCUT2D eigenvalue weighted by atomic mass is 10.1. The Labute approximate surface area is 176 Å². The van der Waals surface area contributed by atoms with Crippen LogP contribution in [0, 0.1) is 6.92 Å². The summed E-state index contributed by atoms with van der Waals surface area (Å²) in [4.78, 5) is 30.7. The maximum absolute atomic E-state index is 12.8. The Morgan fingerprint density at radius 1 is 1.16 bits per heavy atom. The van der Waals surface area contributed by atoms with Gasteiger partial charge in [-0.25, -0.2) is 4.98 Å². The third kappa shape index (κ3) is 5.69. The largest absolute Gasteiger partial charge is 0.465 e. The van der Waals surface area contributed by atoms with E-state index in [1.165, 1.54) is 22.6 Å². The molecular weight excluding hydrogens is 411 g/mol. The fourth-order valence-corrected chi connectivity index (χ4v) is 3.23. The topological polar surface area (TPSA) is 63.9 Å². The molecule has 0 aliphatic heterocycles. The van der Waals surface area contributed by atoms with E-state index in [1.54, 1.807) is 24.1 Å². The first-order chi connectivity index (χ1) is 14.7. The Balaban J connectivity index is 1.87. The van der Waals surface area contributed by atoms with E-state index >= 15 is 0 Å². The third-order valence-electron chi connectivity index (χ3n) is 4.67. The van der Waals surface area contributed by atoms with Gasteiger partial charge < -0.3 is 4.74 Å². The molecule has 0 atom stereocenters. The minimum atomic E-state index is -4.42. The molecule has 0 amide bonds. The predicted octanol–water partition coefficient (Wildman–Crippen LogP) is 3.59. The van der Waals surface area contributed by atoms with Crippen LogP contribution in [0.2, 0.25) is 0 Å². The van der Waals surface area contributed by atoms with Crippen LogP contribution < -0.4 is 5.56 Å². The second-order valence-electron chi connectivity index (χ2n) is 7.12. The maximum atomic E-state index is 12.8. The van der Waals surface area contributed by atoms with E-state index in [1.807, 2.05) is 13.0 Å². The van der Waals surface area contributed by atoms with Gasteiger partial charge in [-0.05, 0) is 43.2 Å². The Kier molecular flexibility index (Phi) is 6.74. The highest BCUT2D eigenvalue weighted by atomic mass is 19.4. The minimum absolute atomic E-state index is 0.0936. The SMILES string of the molecule is CCOC(=O)CN(Cc1ccc(C(F)(F)F)cc1)Cc1cc(=O)n2cccc(C)c2n1. The molecule has 3 rings (SSSR count). The first-order valence-electron chi connectivity index (χ1n) is 9.69. The van der Waals surface area contributed by atoms with Gasteiger partial charge in [0.05, 0.1) is 24.4 Å². The summed E-state index contributed by atoms with van der Waals surface area (Å²) in [6.45, 7) is 3.98. The fraction of sp³-hybridized carbons (Fsp3) is 0.318. The lowest BCUT2D eigenvalue weighted by Crippen LogP contribution is -2.31. The highest BCUT2D eigenvalue weighted by Gasteiger charge is 2.30. The molecule has 9 heteroatoms. The van der Waals surface area contributed by atoms with E-state index in [0.29, 0.717) is 16.9 Å². The molecule has 31 heavy (non-hydrogen) atoms. The molecule has 6 nitrogen and oxygen atoms in total. The number of halogens is 3. The van der Waals surface area contributed by atoms with Crippen molar-refractivity contribution < 1.29 is 22.7 Å². The van der Waals surface area contributed by atoms with Crippen LogP contribution >= 0.6 is 0 Å². The van der Waals surface area contributed by atoms with Crippen molar-refractivity contribution in [3.05, 3.63) is 81.4 Å². The standard InChI is InChI=1S/C22H22F3N3O3/c1-3-31-20(30)14-27(12-16-6-8-17(9-7-16)22(23,24)25)13-18-11-19(29)28-10-4-5-15(2)21(28)26-18/h4-11H,3,12-14H2,1-2H3. The van der Waals surface area contributed by atoms with Crippen molar-refractivity contribution in [1.29, 1.82) is 0 Å². The molecular formula is C22H22F3N3O3. The van der Waals surface area contributed by atoms with Gasteiger partial charge in [0.1, 0.15) is 5.65 Å². The zero-order chi connectivity index (χ0) is 22.6. The highest BCUT2D eigenvalue weighted by Crippen LogP contribution is 2.29. The zero-order valence-electron chi connectivity index (χ0n) is 17.1. The molecule has 0 unspecified atom stereocenters. The number of pyridine rings is 1. The van der Waals surface area contributed by atoms with Gasteiger partial charge in [0.2, 0.25) is 0 Å². The Morgan fingerprint density at radius 3 is 2.52 bits per heavy atom. The molecule has 3 aromatic rings. The van der Waals surface area contributed by atoms with Crippen molar-refractivity contribution in [2.45, 2.75) is 33.1 Å². The number of nitrogens with zero attached hydrogens (tertiary/aromatic N) is 3. The van der Waals surface area contributed by atoms with Crippen LogP contribution in [0.3, 0.4) is 0 Å². The van der Waals surface area contributed by atoms with E-state index in [4.69, 9.17) is 4.74 Å². The molecule has 164 valence electrons. The lowest BCUT2D eigenvalue weighted by Gasteiger charge is -2.21. The minimum Gasteiger partial charge on any atom is -0.465 e. The van der Waals surface area contributed by atoms with E-state index in [-0.39, 0.29) is 31.8 Å².